The SMILES string of the molecule is CC(C)CC(=NNC(=O)Cc1ccc([N+](=O)[O-])cc1)c1ccccc1. The van der Waals surface area contributed by atoms with Crippen molar-refractivity contribution in [2.24, 2.45) is 11.0 Å². The highest BCUT2D eigenvalue weighted by Gasteiger charge is 2.09. The topological polar surface area (TPSA) is 84.6 Å². The first-order valence-electron chi connectivity index (χ1n) is 8.10. The van der Waals surface area contributed by atoms with E-state index in [-0.39, 0.29) is 18.0 Å². The number of nitrogens with zero attached hydrogens (tertiary/aromatic N) is 2. The van der Waals surface area contributed by atoms with E-state index in [0.29, 0.717) is 11.5 Å². The van der Waals surface area contributed by atoms with Crippen molar-refractivity contribution in [3.8, 4) is 0 Å². The molecule has 0 unspecified atom stereocenters. The molecule has 0 heterocycles. The van der Waals surface area contributed by atoms with Crippen molar-refractivity contribution < 1.29 is 9.72 Å². The number of carbonyl (C=O) groups is 1. The number of benzene rings is 2. The third-order valence-electron chi connectivity index (χ3n) is 3.54. The lowest BCUT2D eigenvalue weighted by molar-refractivity contribution is -0.384. The molecule has 0 saturated heterocycles. The summed E-state index contributed by atoms with van der Waals surface area (Å²) in [7, 11) is 0. The Morgan fingerprint density at radius 3 is 2.32 bits per heavy atom. The number of nitrogens with one attached hydrogen (secondary N) is 1. The Morgan fingerprint density at radius 2 is 1.76 bits per heavy atom. The summed E-state index contributed by atoms with van der Waals surface area (Å²) in [4.78, 5) is 22.3. The molecule has 25 heavy (non-hydrogen) atoms. The molecule has 0 bridgehead atoms. The molecule has 0 aliphatic carbocycles. The summed E-state index contributed by atoms with van der Waals surface area (Å²) in [5.41, 5.74) is 5.10. The maximum atomic E-state index is 12.1. The van der Waals surface area contributed by atoms with Gasteiger partial charge in [-0.1, -0.05) is 56.3 Å². The van der Waals surface area contributed by atoms with Gasteiger partial charge in [0.2, 0.25) is 5.91 Å². The standard InChI is InChI=1S/C19H21N3O3/c1-14(2)12-18(16-6-4-3-5-7-16)20-21-19(23)13-15-8-10-17(11-9-15)22(24)25/h3-11,14H,12-13H2,1-2H3,(H,21,23). The molecule has 6 heteroatoms. The minimum Gasteiger partial charge on any atom is -0.273 e. The summed E-state index contributed by atoms with van der Waals surface area (Å²) in [6.45, 7) is 4.19. The summed E-state index contributed by atoms with van der Waals surface area (Å²) in [6, 6.07) is 15.7. The summed E-state index contributed by atoms with van der Waals surface area (Å²) in [6.07, 6.45) is 0.868. The van der Waals surface area contributed by atoms with Crippen LogP contribution in [-0.2, 0) is 11.2 Å². The van der Waals surface area contributed by atoms with Crippen LogP contribution in [0.5, 0.6) is 0 Å². The van der Waals surface area contributed by atoms with Gasteiger partial charge in [0, 0.05) is 12.1 Å². The molecule has 0 saturated carbocycles. The first-order chi connectivity index (χ1) is 12.0. The normalized spacial score (nSPS) is 11.4. The maximum absolute atomic E-state index is 12.1. The molecule has 0 radical (unpaired) electrons. The van der Waals surface area contributed by atoms with Gasteiger partial charge in [-0.15, -0.1) is 0 Å². The fourth-order valence-corrected chi connectivity index (χ4v) is 2.34. The zero-order valence-corrected chi connectivity index (χ0v) is 14.3. The van der Waals surface area contributed by atoms with Crippen LogP contribution in [0.15, 0.2) is 59.7 Å². The molecule has 1 N–H and O–H groups in total. The molecule has 1 amide bonds. The minimum atomic E-state index is -0.466. The highest BCUT2D eigenvalue weighted by atomic mass is 16.6. The molecule has 0 aliphatic heterocycles. The highest BCUT2D eigenvalue weighted by Crippen LogP contribution is 2.13. The minimum absolute atomic E-state index is 0.00507. The number of non-ortho nitro benzene ring substituents is 1. The second kappa shape index (κ2) is 8.73. The Bertz CT molecular complexity index is 753. The van der Waals surface area contributed by atoms with Crippen LogP contribution in [0.1, 0.15) is 31.4 Å². The van der Waals surface area contributed by atoms with Gasteiger partial charge in [0.25, 0.3) is 5.69 Å². The van der Waals surface area contributed by atoms with Gasteiger partial charge >= 0.3 is 0 Å². The van der Waals surface area contributed by atoms with Crippen LogP contribution in [-0.4, -0.2) is 16.5 Å². The van der Waals surface area contributed by atoms with Crippen molar-refractivity contribution in [1.29, 1.82) is 0 Å². The van der Waals surface area contributed by atoms with Crippen molar-refractivity contribution in [3.63, 3.8) is 0 Å². The monoisotopic (exact) mass is 339 g/mol. The van der Waals surface area contributed by atoms with Crippen LogP contribution in [0.2, 0.25) is 0 Å². The van der Waals surface area contributed by atoms with E-state index in [2.05, 4.69) is 24.4 Å². The molecule has 130 valence electrons. The molecule has 0 aromatic heterocycles. The molecule has 0 fully saturated rings. The van der Waals surface area contributed by atoms with Crippen LogP contribution in [0.25, 0.3) is 0 Å². The fraction of sp³-hybridized carbons (Fsp3) is 0.263. The number of nitro groups is 1. The lowest BCUT2D eigenvalue weighted by atomic mass is 10.0. The van der Waals surface area contributed by atoms with Crippen molar-refractivity contribution in [2.45, 2.75) is 26.7 Å². The van der Waals surface area contributed by atoms with E-state index in [9.17, 15) is 14.9 Å². The van der Waals surface area contributed by atoms with E-state index in [1.54, 1.807) is 12.1 Å². The molecule has 0 atom stereocenters. The van der Waals surface area contributed by atoms with Gasteiger partial charge in [0.15, 0.2) is 0 Å². The predicted molar refractivity (Wildman–Crippen MR) is 97.4 cm³/mol. The van der Waals surface area contributed by atoms with E-state index in [1.807, 2.05) is 30.3 Å². The number of amides is 1. The van der Waals surface area contributed by atoms with E-state index in [0.717, 1.165) is 17.7 Å². The van der Waals surface area contributed by atoms with E-state index < -0.39 is 4.92 Å². The molecule has 2 aromatic carbocycles. The van der Waals surface area contributed by atoms with Crippen molar-refractivity contribution in [3.05, 3.63) is 75.8 Å². The van der Waals surface area contributed by atoms with E-state index in [1.165, 1.54) is 12.1 Å². The number of carbonyl (C=O) groups excluding carboxylic acids is 1. The maximum Gasteiger partial charge on any atom is 0.269 e. The van der Waals surface area contributed by atoms with Gasteiger partial charge in [-0.25, -0.2) is 5.43 Å². The summed E-state index contributed by atoms with van der Waals surface area (Å²) < 4.78 is 0. The smallest absolute Gasteiger partial charge is 0.269 e. The fourth-order valence-electron chi connectivity index (χ4n) is 2.34. The third kappa shape index (κ3) is 5.84. The first kappa shape index (κ1) is 18.3. The lowest BCUT2D eigenvalue weighted by Crippen LogP contribution is -2.22. The number of hydrazone groups is 1. The van der Waals surface area contributed by atoms with Crippen LogP contribution in [0.3, 0.4) is 0 Å². The van der Waals surface area contributed by atoms with E-state index in [4.69, 9.17) is 0 Å². The number of hydrogen-bond donors (Lipinski definition) is 1. The zero-order chi connectivity index (χ0) is 18.2. The summed E-state index contributed by atoms with van der Waals surface area (Å²) >= 11 is 0. The predicted octanol–water partition coefficient (Wildman–Crippen LogP) is 3.70. The molecule has 0 aliphatic rings. The lowest BCUT2D eigenvalue weighted by Gasteiger charge is -2.10. The third-order valence-corrected chi connectivity index (χ3v) is 3.54. The Hall–Kier alpha value is -3.02. The summed E-state index contributed by atoms with van der Waals surface area (Å²) in [5, 5.41) is 14.9. The van der Waals surface area contributed by atoms with Crippen molar-refractivity contribution in [1.82, 2.24) is 5.43 Å². The van der Waals surface area contributed by atoms with Gasteiger partial charge < -0.3 is 0 Å². The number of hydrogen-bond acceptors (Lipinski definition) is 4. The van der Waals surface area contributed by atoms with Gasteiger partial charge in [-0.2, -0.15) is 5.10 Å². The quantitative estimate of drug-likeness (QED) is 0.474. The van der Waals surface area contributed by atoms with Crippen molar-refractivity contribution >= 4 is 17.3 Å². The van der Waals surface area contributed by atoms with Crippen LogP contribution in [0, 0.1) is 16.0 Å². The average molecular weight is 339 g/mol. The van der Waals surface area contributed by atoms with E-state index >= 15 is 0 Å². The Morgan fingerprint density at radius 1 is 1.12 bits per heavy atom. The number of nitro benzene ring substituents is 1. The Balaban J connectivity index is 2.04. The highest BCUT2D eigenvalue weighted by molar-refractivity contribution is 6.01. The molecular weight excluding hydrogens is 318 g/mol. The van der Waals surface area contributed by atoms with Gasteiger partial charge in [-0.3, -0.25) is 14.9 Å². The van der Waals surface area contributed by atoms with Crippen LogP contribution >= 0.6 is 0 Å². The Labute approximate surface area is 146 Å². The van der Waals surface area contributed by atoms with Gasteiger partial charge in [0.05, 0.1) is 17.1 Å². The van der Waals surface area contributed by atoms with Crippen LogP contribution in [0.4, 0.5) is 5.69 Å². The molecule has 2 rings (SSSR count). The molecule has 2 aromatic rings. The molecule has 6 nitrogen and oxygen atoms in total. The Kier molecular flexibility index (Phi) is 6.39. The second-order valence-electron chi connectivity index (χ2n) is 6.16. The number of rotatable bonds is 7. The van der Waals surface area contributed by atoms with Crippen molar-refractivity contribution in [2.75, 3.05) is 0 Å². The summed E-state index contributed by atoms with van der Waals surface area (Å²) in [5.74, 6) is 0.150. The molecule has 0 spiro atoms. The van der Waals surface area contributed by atoms with Crippen LogP contribution < -0.4 is 5.43 Å². The first-order valence-corrected chi connectivity index (χ1v) is 8.10. The molecular formula is C19H21N3O3. The second-order valence-corrected chi connectivity index (χ2v) is 6.16. The average Bonchev–Trinajstić information content (AvgIpc) is 2.59. The zero-order valence-electron chi connectivity index (χ0n) is 14.3. The largest absolute Gasteiger partial charge is 0.273 e. The van der Waals surface area contributed by atoms with Gasteiger partial charge in [0.1, 0.15) is 0 Å². The van der Waals surface area contributed by atoms with Gasteiger partial charge in [-0.05, 0) is 23.5 Å².